The summed E-state index contributed by atoms with van der Waals surface area (Å²) in [6, 6.07) is 8.61. The second kappa shape index (κ2) is 8.73. The van der Waals surface area contributed by atoms with Crippen molar-refractivity contribution in [1.82, 2.24) is 0 Å². The van der Waals surface area contributed by atoms with Gasteiger partial charge in [0.15, 0.2) is 5.92 Å². The molecule has 0 aliphatic carbocycles. The van der Waals surface area contributed by atoms with Gasteiger partial charge >= 0.3 is 17.9 Å². The molecule has 6 nitrogen and oxygen atoms in total. The third-order valence-electron chi connectivity index (χ3n) is 3.32. The maximum atomic E-state index is 12.1. The van der Waals surface area contributed by atoms with E-state index < -0.39 is 29.7 Å². The highest BCUT2D eigenvalue weighted by Crippen LogP contribution is 2.33. The Kier molecular flexibility index (Phi) is 6.99. The molecule has 6 heteroatoms. The van der Waals surface area contributed by atoms with Gasteiger partial charge in [-0.15, -0.1) is 0 Å². The molecular weight excluding hydrogens is 300 g/mol. The van der Waals surface area contributed by atoms with E-state index in [4.69, 9.17) is 14.2 Å². The van der Waals surface area contributed by atoms with Gasteiger partial charge in [0, 0.05) is 11.5 Å². The average molecular weight is 320 g/mol. The van der Waals surface area contributed by atoms with Crippen molar-refractivity contribution in [2.75, 3.05) is 20.8 Å². The Morgan fingerprint density at radius 2 is 1.57 bits per heavy atom. The van der Waals surface area contributed by atoms with E-state index in [9.17, 15) is 14.4 Å². The van der Waals surface area contributed by atoms with Crippen LogP contribution in [0.3, 0.4) is 0 Å². The number of benzene rings is 1. The van der Waals surface area contributed by atoms with E-state index >= 15 is 0 Å². The van der Waals surface area contributed by atoms with E-state index in [1.54, 1.807) is 37.3 Å². The molecule has 1 rings (SSSR count). The van der Waals surface area contributed by atoms with Gasteiger partial charge < -0.3 is 14.2 Å². The summed E-state index contributed by atoms with van der Waals surface area (Å²) in [7, 11) is 2.32. The van der Waals surface area contributed by atoms with E-state index in [0.717, 1.165) is 14.2 Å². The van der Waals surface area contributed by atoms with Crippen molar-refractivity contribution in [2.24, 2.45) is 5.92 Å². The van der Waals surface area contributed by atoms with Crippen LogP contribution in [-0.4, -0.2) is 38.7 Å². The Morgan fingerprint density at radius 3 is 2.00 bits per heavy atom. The molecule has 1 atom stereocenters. The van der Waals surface area contributed by atoms with Crippen molar-refractivity contribution in [1.29, 1.82) is 0 Å². The molecule has 0 saturated heterocycles. The summed E-state index contributed by atoms with van der Waals surface area (Å²) >= 11 is 0. The number of ether oxygens (including phenoxy) is 3. The lowest BCUT2D eigenvalue weighted by Crippen LogP contribution is -2.34. The predicted octanol–water partition coefficient (Wildman–Crippen LogP) is 1.85. The van der Waals surface area contributed by atoms with Crippen molar-refractivity contribution >= 4 is 17.9 Å². The van der Waals surface area contributed by atoms with E-state index in [2.05, 4.69) is 6.58 Å². The molecule has 0 spiro atoms. The minimum absolute atomic E-state index is 0.0150. The van der Waals surface area contributed by atoms with E-state index in [-0.39, 0.29) is 12.2 Å². The standard InChI is InChI=1S/C17H20O6/c1-5-23-15(18)11(2)13(12-9-7-6-8-10-12)14(16(19)21-3)17(20)22-4/h6-10,13-14H,2,5H2,1,3-4H3. The third kappa shape index (κ3) is 4.42. The largest absolute Gasteiger partial charge is 0.468 e. The molecular formula is C17H20O6. The third-order valence-corrected chi connectivity index (χ3v) is 3.32. The first kappa shape index (κ1) is 18.4. The van der Waals surface area contributed by atoms with Gasteiger partial charge in [-0.3, -0.25) is 9.59 Å². The van der Waals surface area contributed by atoms with Gasteiger partial charge in [-0.1, -0.05) is 36.9 Å². The number of methoxy groups -OCH3 is 2. The molecule has 1 aromatic carbocycles. The molecule has 0 amide bonds. The fourth-order valence-corrected chi connectivity index (χ4v) is 2.23. The van der Waals surface area contributed by atoms with E-state index in [1.807, 2.05) is 0 Å². The molecule has 1 unspecified atom stereocenters. The second-order valence-corrected chi connectivity index (χ2v) is 4.66. The molecule has 0 saturated carbocycles. The van der Waals surface area contributed by atoms with Crippen molar-refractivity contribution in [3.63, 3.8) is 0 Å². The lowest BCUT2D eigenvalue weighted by Gasteiger charge is -2.24. The van der Waals surface area contributed by atoms with Gasteiger partial charge in [-0.25, -0.2) is 4.79 Å². The summed E-state index contributed by atoms with van der Waals surface area (Å²) in [5.74, 6) is -4.58. The molecule has 0 fully saturated rings. The average Bonchev–Trinajstić information content (AvgIpc) is 2.58. The van der Waals surface area contributed by atoms with Crippen LogP contribution in [0.1, 0.15) is 18.4 Å². The molecule has 0 aliphatic rings. The van der Waals surface area contributed by atoms with Crippen LogP contribution in [0.25, 0.3) is 0 Å². The maximum absolute atomic E-state index is 12.1. The molecule has 124 valence electrons. The van der Waals surface area contributed by atoms with Crippen molar-refractivity contribution in [3.8, 4) is 0 Å². The minimum Gasteiger partial charge on any atom is -0.468 e. The molecule has 0 aliphatic heterocycles. The number of esters is 3. The van der Waals surface area contributed by atoms with Crippen LogP contribution in [0, 0.1) is 5.92 Å². The number of carbonyl (C=O) groups is 3. The highest BCUT2D eigenvalue weighted by Gasteiger charge is 2.41. The van der Waals surface area contributed by atoms with Crippen LogP contribution < -0.4 is 0 Å². The summed E-state index contributed by atoms with van der Waals surface area (Å²) in [6.45, 7) is 5.52. The fourth-order valence-electron chi connectivity index (χ4n) is 2.23. The van der Waals surface area contributed by atoms with Crippen LogP contribution >= 0.6 is 0 Å². The first-order valence-electron chi connectivity index (χ1n) is 7.04. The first-order valence-corrected chi connectivity index (χ1v) is 7.04. The minimum atomic E-state index is -1.34. The van der Waals surface area contributed by atoms with Crippen molar-refractivity contribution in [2.45, 2.75) is 12.8 Å². The zero-order chi connectivity index (χ0) is 17.4. The Bertz CT molecular complexity index is 562. The summed E-state index contributed by atoms with van der Waals surface area (Å²) in [5, 5.41) is 0. The number of hydrogen-bond acceptors (Lipinski definition) is 6. The van der Waals surface area contributed by atoms with Gasteiger partial charge in [0.1, 0.15) is 0 Å². The summed E-state index contributed by atoms with van der Waals surface area (Å²) < 4.78 is 14.3. The topological polar surface area (TPSA) is 78.9 Å². The highest BCUT2D eigenvalue weighted by atomic mass is 16.5. The second-order valence-electron chi connectivity index (χ2n) is 4.66. The molecule has 0 radical (unpaired) electrons. The Balaban J connectivity index is 3.36. The molecule has 0 bridgehead atoms. The first-order chi connectivity index (χ1) is 11.0. The molecule has 0 N–H and O–H groups in total. The molecule has 1 aromatic rings. The van der Waals surface area contributed by atoms with Gasteiger partial charge in [0.05, 0.1) is 20.8 Å². The van der Waals surface area contributed by atoms with Crippen LogP contribution in [0.5, 0.6) is 0 Å². The Labute approximate surface area is 135 Å². The lowest BCUT2D eigenvalue weighted by molar-refractivity contribution is -0.159. The SMILES string of the molecule is C=C(C(=O)OCC)C(c1ccccc1)C(C(=O)OC)C(=O)OC. The van der Waals surface area contributed by atoms with Crippen LogP contribution in [0.2, 0.25) is 0 Å². The lowest BCUT2D eigenvalue weighted by atomic mass is 9.80. The maximum Gasteiger partial charge on any atom is 0.334 e. The molecule has 0 heterocycles. The highest BCUT2D eigenvalue weighted by molar-refractivity contribution is 6.00. The number of rotatable bonds is 7. The van der Waals surface area contributed by atoms with Gasteiger partial charge in [-0.2, -0.15) is 0 Å². The zero-order valence-corrected chi connectivity index (χ0v) is 13.4. The summed E-state index contributed by atoms with van der Waals surface area (Å²) in [6.07, 6.45) is 0. The normalized spacial score (nSPS) is 11.5. The fraction of sp³-hybridized carbons (Fsp3) is 0.353. The van der Waals surface area contributed by atoms with Gasteiger partial charge in [-0.05, 0) is 12.5 Å². The van der Waals surface area contributed by atoms with E-state index in [0.29, 0.717) is 5.56 Å². The molecule has 0 aromatic heterocycles. The smallest absolute Gasteiger partial charge is 0.334 e. The van der Waals surface area contributed by atoms with Crippen LogP contribution in [-0.2, 0) is 28.6 Å². The number of carbonyl (C=O) groups excluding carboxylic acids is 3. The molecule has 23 heavy (non-hydrogen) atoms. The predicted molar refractivity (Wildman–Crippen MR) is 82.5 cm³/mol. The Morgan fingerprint density at radius 1 is 1.04 bits per heavy atom. The Hall–Kier alpha value is -2.63. The monoisotopic (exact) mass is 320 g/mol. The number of hydrogen-bond donors (Lipinski definition) is 0. The van der Waals surface area contributed by atoms with Crippen molar-refractivity contribution < 1.29 is 28.6 Å². The quantitative estimate of drug-likeness (QED) is 0.330. The zero-order valence-electron chi connectivity index (χ0n) is 13.4. The van der Waals surface area contributed by atoms with Crippen LogP contribution in [0.15, 0.2) is 42.5 Å². The van der Waals surface area contributed by atoms with Crippen molar-refractivity contribution in [3.05, 3.63) is 48.0 Å². The summed E-state index contributed by atoms with van der Waals surface area (Å²) in [5.41, 5.74) is 0.546. The summed E-state index contributed by atoms with van der Waals surface area (Å²) in [4.78, 5) is 36.2. The van der Waals surface area contributed by atoms with Gasteiger partial charge in [0.25, 0.3) is 0 Å². The van der Waals surface area contributed by atoms with Gasteiger partial charge in [0.2, 0.25) is 0 Å². The van der Waals surface area contributed by atoms with Crippen LogP contribution in [0.4, 0.5) is 0 Å². The van der Waals surface area contributed by atoms with E-state index in [1.165, 1.54) is 0 Å².